The summed E-state index contributed by atoms with van der Waals surface area (Å²) in [7, 11) is -0.732. The molecule has 3 N–H and O–H groups in total. The highest BCUT2D eigenvalue weighted by molar-refractivity contribution is 7.59. The molecule has 5 aliphatic heterocycles. The number of nitrogens with zero attached hydrogens (tertiary/aromatic N) is 4. The predicted molar refractivity (Wildman–Crippen MR) is 314 cm³/mol. The van der Waals surface area contributed by atoms with Gasteiger partial charge >= 0.3 is 20.2 Å². The van der Waals surface area contributed by atoms with E-state index in [9.17, 15) is 19.2 Å². The van der Waals surface area contributed by atoms with E-state index in [1.54, 1.807) is 0 Å². The van der Waals surface area contributed by atoms with Crippen LogP contribution in [0.15, 0.2) is 36.4 Å². The zero-order valence-corrected chi connectivity index (χ0v) is 50.7. The summed E-state index contributed by atoms with van der Waals surface area (Å²) in [5.41, 5.74) is 4.62. The molecule has 4 aromatic rings. The predicted octanol–water partition coefficient (Wildman–Crippen LogP) is 9.19. The Kier molecular flexibility index (Phi) is 19.4. The van der Waals surface area contributed by atoms with Crippen LogP contribution in [0.25, 0.3) is 22.1 Å². The lowest BCUT2D eigenvalue weighted by molar-refractivity contribution is -0.201. The lowest BCUT2D eigenvalue weighted by atomic mass is 9.79. The van der Waals surface area contributed by atoms with Crippen LogP contribution >= 0.6 is 39.4 Å². The van der Waals surface area contributed by atoms with E-state index < -0.39 is 24.9 Å². The number of aromatic amines is 2. The maximum atomic E-state index is 13.6. The number of hydroxylamine groups is 2. The molecule has 0 radical (unpaired) electrons. The molecule has 11 rings (SSSR count). The molecule has 8 atom stereocenters. The summed E-state index contributed by atoms with van der Waals surface area (Å²) in [6.45, 7) is 28.8. The van der Waals surface area contributed by atoms with Crippen molar-refractivity contribution in [2.75, 3.05) is 0 Å². The van der Waals surface area contributed by atoms with Gasteiger partial charge in [0.15, 0.2) is 0 Å². The second kappa shape index (κ2) is 23.8. The molecule has 2 saturated carbocycles. The van der Waals surface area contributed by atoms with Crippen LogP contribution in [0.3, 0.4) is 0 Å². The van der Waals surface area contributed by atoms with Crippen molar-refractivity contribution in [1.82, 2.24) is 35.2 Å². The number of nitrogens with one attached hydrogen (secondary N) is 3. The Labute approximate surface area is 477 Å². The quantitative estimate of drug-likeness (QED) is 0.0955. The first-order valence-electron chi connectivity index (χ1n) is 27.7. The normalized spacial score (nSPS) is 26.8. The third-order valence-corrected chi connectivity index (χ3v) is 18.2. The van der Waals surface area contributed by atoms with E-state index in [0.29, 0.717) is 47.4 Å². The Morgan fingerprint density at radius 3 is 1.58 bits per heavy atom. The van der Waals surface area contributed by atoms with Crippen molar-refractivity contribution in [2.24, 2.45) is 35.5 Å². The highest BCUT2D eigenvalue weighted by Crippen LogP contribution is 2.51. The van der Waals surface area contributed by atoms with Crippen LogP contribution in [0.2, 0.25) is 0 Å². The SMILES string of the molecule is CC1(C)OB(c2ccc3nc([C@H]4N[C@@H]5CC[C@H]4C5)[nH]c3c2)OC1(C)C.CC[C@H](C(=O)N1[C@@H]2CC[C@@H](C2)[C@H]1c1nc2ccc(B3OC(C)(C)C(C)(C)O3)cc2[nH]1)C(C)C.CC[C@H](C(=O)ON1C(=O)CCC1=O)C(C)C.Cl.S.S. The number of hydrogen-bond acceptors (Lipinski definition) is 12. The van der Waals surface area contributed by atoms with Gasteiger partial charge in [0.2, 0.25) is 5.91 Å². The van der Waals surface area contributed by atoms with E-state index in [-0.39, 0.29) is 106 Å². The number of likely N-dealkylation sites (tertiary alicyclic amines) is 1. The summed E-state index contributed by atoms with van der Waals surface area (Å²) in [5, 5.41) is 4.32. The number of piperidine rings is 2. The molecule has 7 heterocycles. The molecule has 0 unspecified atom stereocenters. The number of aromatic nitrogens is 4. The number of carbonyl (C=O) groups excluding carboxylic acids is 4. The lowest BCUT2D eigenvalue weighted by Crippen LogP contribution is -2.44. The second-order valence-corrected chi connectivity index (χ2v) is 24.8. The fraction of sp³-hybridized carbons (Fsp3) is 0.679. The van der Waals surface area contributed by atoms with Gasteiger partial charge in [-0.05, 0) is 166 Å². The Morgan fingerprint density at radius 2 is 1.14 bits per heavy atom. The van der Waals surface area contributed by atoms with Gasteiger partial charge in [-0.15, -0.1) is 17.5 Å². The highest BCUT2D eigenvalue weighted by atomic mass is 35.5. The van der Waals surface area contributed by atoms with Gasteiger partial charge in [-0.2, -0.15) is 27.0 Å². The van der Waals surface area contributed by atoms with Crippen LogP contribution < -0.4 is 16.2 Å². The average molecular weight is 1120 g/mol. The standard InChI is InChI=1S/C26H38BN3O3.C19H26BN3O2.C11H17NO4.ClH.2H2S/c1-8-19(15(2)3)24(31)30-18-11-9-16(13-18)22(30)23-28-20-12-10-17(14-21(20)29-23)27-32-25(4,5)26(6,7)33-27;1-18(2)19(3,4)25-20(24-18)12-6-8-14-15(10-12)23-17(22-14)16-11-5-7-13(9-11)21-16;1-4-8(7(2)3)11(15)16-12-9(13)5-6-10(12)14;;;/h10,12,14-16,18-19,22H,8-9,11,13H2,1-7H3,(H,28,29);6,8,10-11,13,16,21H,5,7,9H2,1-4H3,(H,22,23);7-8H,4-6H2,1-3H3;1H;2*1H2/t16-,18+,19-,22-;11-,13+,16-;8-;;;/m000.../s1. The van der Waals surface area contributed by atoms with Gasteiger partial charge in [0.05, 0.1) is 62.5 Å². The van der Waals surface area contributed by atoms with Crippen molar-refractivity contribution in [3.8, 4) is 0 Å². The van der Waals surface area contributed by atoms with Crippen LogP contribution in [-0.4, -0.2) is 102 Å². The fourth-order valence-electron chi connectivity index (χ4n) is 12.3. The topological polar surface area (TPSA) is 190 Å². The molecule has 4 bridgehead atoms. The Morgan fingerprint density at radius 1 is 0.675 bits per heavy atom. The van der Waals surface area contributed by atoms with Crippen molar-refractivity contribution in [2.45, 2.75) is 208 Å². The zero-order chi connectivity index (χ0) is 53.4. The molecule has 7 aliphatic rings. The number of halogens is 1. The molecule has 424 valence electrons. The van der Waals surface area contributed by atoms with Crippen molar-refractivity contribution < 1.29 is 42.6 Å². The van der Waals surface area contributed by atoms with Gasteiger partial charge in [0.25, 0.3) is 11.8 Å². The Balaban J connectivity index is 0.000000195. The maximum Gasteiger partial charge on any atom is 0.494 e. The number of carbonyl (C=O) groups is 4. The number of benzene rings is 2. The first kappa shape index (κ1) is 62.6. The van der Waals surface area contributed by atoms with Crippen LogP contribution in [-0.2, 0) is 42.6 Å². The Bertz CT molecular complexity index is 2720. The van der Waals surface area contributed by atoms with Gasteiger partial charge in [-0.1, -0.05) is 53.7 Å². The van der Waals surface area contributed by atoms with Crippen LogP contribution in [0.5, 0.6) is 0 Å². The van der Waals surface area contributed by atoms with Crippen LogP contribution in [0.1, 0.15) is 185 Å². The molecule has 3 amide bonds. The smallest absolute Gasteiger partial charge is 0.399 e. The zero-order valence-electron chi connectivity index (χ0n) is 47.8. The van der Waals surface area contributed by atoms with E-state index in [2.05, 4.69) is 121 Å². The van der Waals surface area contributed by atoms with Gasteiger partial charge < -0.3 is 43.6 Å². The number of H-pyrrole nitrogens is 2. The Hall–Kier alpha value is -3.62. The highest BCUT2D eigenvalue weighted by Gasteiger charge is 2.54. The lowest BCUT2D eigenvalue weighted by Gasteiger charge is -2.37. The number of fused-ring (bicyclic) bond motifs is 6. The molecular formula is C56H86B2ClN7O9S2. The number of imide groups is 1. The molecular weight excluding hydrogens is 1040 g/mol. The van der Waals surface area contributed by atoms with E-state index in [4.69, 9.17) is 33.4 Å². The minimum absolute atomic E-state index is 0. The summed E-state index contributed by atoms with van der Waals surface area (Å²) in [6.07, 6.45) is 9.09. The molecule has 21 heteroatoms. The van der Waals surface area contributed by atoms with Crippen LogP contribution in [0, 0.1) is 35.5 Å². The molecule has 5 saturated heterocycles. The number of hydrogen-bond donors (Lipinski definition) is 3. The molecule has 2 aromatic heterocycles. The van der Waals surface area contributed by atoms with Crippen molar-refractivity contribution >= 4 is 110 Å². The first-order valence-corrected chi connectivity index (χ1v) is 27.7. The molecule has 2 aliphatic carbocycles. The minimum Gasteiger partial charge on any atom is -0.399 e. The summed E-state index contributed by atoms with van der Waals surface area (Å²) in [4.78, 5) is 71.7. The van der Waals surface area contributed by atoms with E-state index in [1.165, 1.54) is 25.7 Å². The second-order valence-electron chi connectivity index (χ2n) is 24.8. The van der Waals surface area contributed by atoms with Gasteiger partial charge in [0, 0.05) is 30.8 Å². The third kappa shape index (κ3) is 12.2. The molecule has 7 fully saturated rings. The first-order chi connectivity index (χ1) is 34.8. The summed E-state index contributed by atoms with van der Waals surface area (Å²) < 4.78 is 24.8. The van der Waals surface area contributed by atoms with Crippen molar-refractivity contribution in [1.29, 1.82) is 0 Å². The van der Waals surface area contributed by atoms with Gasteiger partial charge in [0.1, 0.15) is 11.6 Å². The molecule has 77 heavy (non-hydrogen) atoms. The number of imidazole rings is 2. The monoisotopic (exact) mass is 1120 g/mol. The van der Waals surface area contributed by atoms with Gasteiger partial charge in [-0.3, -0.25) is 14.4 Å². The van der Waals surface area contributed by atoms with Crippen molar-refractivity contribution in [3.63, 3.8) is 0 Å². The summed E-state index contributed by atoms with van der Waals surface area (Å²) in [5.74, 6) is 2.44. The van der Waals surface area contributed by atoms with E-state index in [0.717, 1.165) is 69.8 Å². The average Bonchev–Trinajstić information content (AvgIpc) is 4.21. The molecule has 16 nitrogen and oxygen atoms in total. The third-order valence-electron chi connectivity index (χ3n) is 18.2. The van der Waals surface area contributed by atoms with E-state index in [1.807, 2.05) is 32.9 Å². The number of rotatable bonds is 11. The van der Waals surface area contributed by atoms with E-state index >= 15 is 0 Å². The fourth-order valence-corrected chi connectivity index (χ4v) is 12.3. The maximum absolute atomic E-state index is 13.6. The molecule has 0 spiro atoms. The summed E-state index contributed by atoms with van der Waals surface area (Å²) >= 11 is 0. The van der Waals surface area contributed by atoms with Crippen LogP contribution in [0.4, 0.5) is 0 Å². The minimum atomic E-state index is -0.499. The van der Waals surface area contributed by atoms with Gasteiger partial charge in [-0.25, -0.2) is 14.8 Å². The summed E-state index contributed by atoms with van der Waals surface area (Å²) in [6, 6.07) is 13.9. The van der Waals surface area contributed by atoms with Crippen molar-refractivity contribution in [3.05, 3.63) is 48.0 Å². The molecule has 2 aromatic carbocycles. The largest absolute Gasteiger partial charge is 0.494 e. The number of amides is 3.